The Morgan fingerprint density at radius 2 is 2.06 bits per heavy atom. The summed E-state index contributed by atoms with van der Waals surface area (Å²) in [5.41, 5.74) is 0.660. The molecule has 0 aliphatic carbocycles. The number of carbonyl (C=O) groups excluding carboxylic acids is 1. The Kier molecular flexibility index (Phi) is 6.19. The van der Waals surface area contributed by atoms with Crippen molar-refractivity contribution in [1.29, 1.82) is 0 Å². The van der Waals surface area contributed by atoms with Crippen LogP contribution in [0.5, 0.6) is 0 Å². The predicted octanol–water partition coefficient (Wildman–Crippen LogP) is 2.78. The van der Waals surface area contributed by atoms with Gasteiger partial charge in [-0.25, -0.2) is 4.98 Å². The molecule has 4 nitrogen and oxygen atoms in total. The topological polar surface area (TPSA) is 45.2 Å². The maximum Gasteiger partial charge on any atom is 0.255 e. The summed E-state index contributed by atoms with van der Waals surface area (Å²) in [6.07, 6.45) is 3.68. The van der Waals surface area contributed by atoms with E-state index in [9.17, 15) is 4.79 Å². The van der Waals surface area contributed by atoms with E-state index in [1.807, 2.05) is 24.0 Å². The van der Waals surface area contributed by atoms with Crippen LogP contribution in [0, 0.1) is 0 Å². The molecule has 1 N–H and O–H groups in total. The number of nitrogens with one attached hydrogen (secondary N) is 1. The van der Waals surface area contributed by atoms with Crippen LogP contribution in [-0.4, -0.2) is 35.4 Å². The highest BCUT2D eigenvalue weighted by Crippen LogP contribution is 2.08. The minimum absolute atomic E-state index is 0.0638. The van der Waals surface area contributed by atoms with E-state index in [1.54, 1.807) is 6.20 Å². The van der Waals surface area contributed by atoms with Crippen molar-refractivity contribution in [2.45, 2.75) is 33.6 Å². The van der Waals surface area contributed by atoms with Crippen LogP contribution < -0.4 is 5.32 Å². The first-order valence-corrected chi connectivity index (χ1v) is 6.72. The molecule has 0 unspecified atom stereocenters. The molecule has 1 heterocycles. The minimum atomic E-state index is 0.0638. The molecule has 0 bridgehead atoms. The van der Waals surface area contributed by atoms with Gasteiger partial charge in [-0.15, -0.1) is 0 Å². The number of nitrogens with zero attached hydrogens (tertiary/aromatic N) is 2. The average molecular weight is 249 g/mol. The monoisotopic (exact) mass is 249 g/mol. The summed E-state index contributed by atoms with van der Waals surface area (Å²) in [6, 6.07) is 3.70. The SMILES string of the molecule is CCCNc1ccc(C(=O)N(CC)CCC)cn1. The number of anilines is 1. The fraction of sp³-hybridized carbons (Fsp3) is 0.571. The van der Waals surface area contributed by atoms with Gasteiger partial charge in [-0.3, -0.25) is 4.79 Å². The third kappa shape index (κ3) is 4.02. The van der Waals surface area contributed by atoms with Crippen LogP contribution in [0.4, 0.5) is 5.82 Å². The number of hydrogen-bond acceptors (Lipinski definition) is 3. The zero-order valence-electron chi connectivity index (χ0n) is 11.6. The van der Waals surface area contributed by atoms with Crippen molar-refractivity contribution in [2.24, 2.45) is 0 Å². The number of amides is 1. The van der Waals surface area contributed by atoms with E-state index in [2.05, 4.69) is 24.1 Å². The Morgan fingerprint density at radius 3 is 2.56 bits per heavy atom. The molecular formula is C14H23N3O. The van der Waals surface area contributed by atoms with Crippen molar-refractivity contribution in [2.75, 3.05) is 25.0 Å². The van der Waals surface area contributed by atoms with Crippen LogP contribution in [0.25, 0.3) is 0 Å². The van der Waals surface area contributed by atoms with Crippen LogP contribution in [0.1, 0.15) is 44.0 Å². The lowest BCUT2D eigenvalue weighted by molar-refractivity contribution is 0.0764. The van der Waals surface area contributed by atoms with Gasteiger partial charge >= 0.3 is 0 Å². The molecule has 100 valence electrons. The lowest BCUT2D eigenvalue weighted by Gasteiger charge is -2.19. The molecule has 0 aliphatic heterocycles. The first-order chi connectivity index (χ1) is 8.72. The second-order valence-electron chi connectivity index (χ2n) is 4.24. The van der Waals surface area contributed by atoms with Gasteiger partial charge in [-0.1, -0.05) is 13.8 Å². The van der Waals surface area contributed by atoms with E-state index in [0.717, 1.165) is 38.3 Å². The highest BCUT2D eigenvalue weighted by atomic mass is 16.2. The molecule has 0 fully saturated rings. The van der Waals surface area contributed by atoms with Crippen LogP contribution in [0.3, 0.4) is 0 Å². The average Bonchev–Trinajstić information content (AvgIpc) is 2.42. The quantitative estimate of drug-likeness (QED) is 0.808. The molecule has 0 spiro atoms. The smallest absolute Gasteiger partial charge is 0.255 e. The highest BCUT2D eigenvalue weighted by molar-refractivity contribution is 5.94. The maximum atomic E-state index is 12.2. The second kappa shape index (κ2) is 7.69. The summed E-state index contributed by atoms with van der Waals surface area (Å²) < 4.78 is 0. The Balaban J connectivity index is 2.68. The van der Waals surface area contributed by atoms with Crippen molar-refractivity contribution in [3.63, 3.8) is 0 Å². The van der Waals surface area contributed by atoms with Crippen LogP contribution in [0.2, 0.25) is 0 Å². The lowest BCUT2D eigenvalue weighted by atomic mass is 10.2. The van der Waals surface area contributed by atoms with Gasteiger partial charge in [0.25, 0.3) is 5.91 Å². The molecule has 1 aromatic rings. The van der Waals surface area contributed by atoms with Gasteiger partial charge in [-0.2, -0.15) is 0 Å². The molecule has 0 atom stereocenters. The van der Waals surface area contributed by atoms with Crippen molar-refractivity contribution < 1.29 is 4.79 Å². The van der Waals surface area contributed by atoms with Gasteiger partial charge in [0.05, 0.1) is 5.56 Å². The molecule has 0 aromatic carbocycles. The summed E-state index contributed by atoms with van der Waals surface area (Å²) >= 11 is 0. The summed E-state index contributed by atoms with van der Waals surface area (Å²) in [4.78, 5) is 18.3. The molecule has 18 heavy (non-hydrogen) atoms. The van der Waals surface area contributed by atoms with Gasteiger partial charge < -0.3 is 10.2 Å². The third-order valence-electron chi connectivity index (χ3n) is 2.73. The molecule has 1 aromatic heterocycles. The van der Waals surface area contributed by atoms with Gasteiger partial charge in [-0.05, 0) is 31.9 Å². The van der Waals surface area contributed by atoms with E-state index in [0.29, 0.717) is 5.56 Å². The standard InChI is InChI=1S/C14H23N3O/c1-4-9-15-13-8-7-12(11-16-13)14(18)17(6-3)10-5-2/h7-8,11H,4-6,9-10H2,1-3H3,(H,15,16). The van der Waals surface area contributed by atoms with E-state index in [4.69, 9.17) is 0 Å². The summed E-state index contributed by atoms with van der Waals surface area (Å²) in [7, 11) is 0. The fourth-order valence-corrected chi connectivity index (χ4v) is 1.73. The van der Waals surface area contributed by atoms with Gasteiger partial charge in [0.2, 0.25) is 0 Å². The number of pyridine rings is 1. The van der Waals surface area contributed by atoms with Crippen molar-refractivity contribution in [1.82, 2.24) is 9.88 Å². The van der Waals surface area contributed by atoms with E-state index < -0.39 is 0 Å². The normalized spacial score (nSPS) is 10.2. The van der Waals surface area contributed by atoms with Crippen molar-refractivity contribution >= 4 is 11.7 Å². The molecule has 0 radical (unpaired) electrons. The Morgan fingerprint density at radius 1 is 1.28 bits per heavy atom. The first-order valence-electron chi connectivity index (χ1n) is 6.72. The molecule has 0 aliphatic rings. The predicted molar refractivity (Wildman–Crippen MR) is 74.9 cm³/mol. The minimum Gasteiger partial charge on any atom is -0.370 e. The van der Waals surface area contributed by atoms with E-state index in [-0.39, 0.29) is 5.91 Å². The summed E-state index contributed by atoms with van der Waals surface area (Å²) in [5.74, 6) is 0.890. The van der Waals surface area contributed by atoms with Crippen molar-refractivity contribution in [3.8, 4) is 0 Å². The number of hydrogen-bond donors (Lipinski definition) is 1. The molecule has 1 rings (SSSR count). The molecule has 4 heteroatoms. The van der Waals surface area contributed by atoms with E-state index >= 15 is 0 Å². The summed E-state index contributed by atoms with van der Waals surface area (Å²) in [5, 5.41) is 3.19. The first kappa shape index (κ1) is 14.5. The third-order valence-corrected chi connectivity index (χ3v) is 2.73. The van der Waals surface area contributed by atoms with Crippen LogP contribution in [-0.2, 0) is 0 Å². The van der Waals surface area contributed by atoms with Gasteiger partial charge in [0.15, 0.2) is 0 Å². The number of rotatable bonds is 7. The Bertz CT molecular complexity index is 362. The summed E-state index contributed by atoms with van der Waals surface area (Å²) in [6.45, 7) is 8.61. The molecule has 0 saturated heterocycles. The lowest BCUT2D eigenvalue weighted by Crippen LogP contribution is -2.31. The zero-order valence-corrected chi connectivity index (χ0v) is 11.6. The highest BCUT2D eigenvalue weighted by Gasteiger charge is 2.13. The van der Waals surface area contributed by atoms with E-state index in [1.165, 1.54) is 0 Å². The molecular weight excluding hydrogens is 226 g/mol. The van der Waals surface area contributed by atoms with Gasteiger partial charge in [0, 0.05) is 25.8 Å². The number of carbonyl (C=O) groups is 1. The largest absolute Gasteiger partial charge is 0.370 e. The molecule has 1 amide bonds. The van der Waals surface area contributed by atoms with Crippen LogP contribution in [0.15, 0.2) is 18.3 Å². The van der Waals surface area contributed by atoms with Crippen molar-refractivity contribution in [3.05, 3.63) is 23.9 Å². The maximum absolute atomic E-state index is 12.2. The Labute approximate surface area is 109 Å². The Hall–Kier alpha value is -1.58. The fourth-order valence-electron chi connectivity index (χ4n) is 1.73. The van der Waals surface area contributed by atoms with Crippen LogP contribution >= 0.6 is 0 Å². The number of aromatic nitrogens is 1. The molecule has 0 saturated carbocycles. The second-order valence-corrected chi connectivity index (χ2v) is 4.24. The zero-order chi connectivity index (χ0) is 13.4. The van der Waals surface area contributed by atoms with Gasteiger partial charge in [0.1, 0.15) is 5.82 Å².